The van der Waals surface area contributed by atoms with E-state index in [1.807, 2.05) is 13.0 Å². The molecule has 0 aliphatic carbocycles. The summed E-state index contributed by atoms with van der Waals surface area (Å²) in [6.45, 7) is 1.88. The Hall–Kier alpha value is -1.42. The molecular formula is C12H12O3S. The van der Waals surface area contributed by atoms with Crippen molar-refractivity contribution < 1.29 is 13.7 Å². The standard InChI is InChI=1S/C12H12O3S/c1-8-7-9(3-4-11(8)16(2)14)12-10(13)5-6-15-12/h3-7,12H,1-2H3. The monoisotopic (exact) mass is 236 g/mol. The van der Waals surface area contributed by atoms with Gasteiger partial charge in [-0.25, -0.2) is 0 Å². The van der Waals surface area contributed by atoms with Crippen LogP contribution in [0, 0.1) is 6.92 Å². The molecule has 0 aromatic heterocycles. The number of aryl methyl sites for hydroxylation is 1. The summed E-state index contributed by atoms with van der Waals surface area (Å²) in [7, 11) is -1.00. The molecule has 0 bridgehead atoms. The molecule has 0 N–H and O–H groups in total. The average molecular weight is 236 g/mol. The van der Waals surface area contributed by atoms with E-state index in [2.05, 4.69) is 0 Å². The highest BCUT2D eigenvalue weighted by molar-refractivity contribution is 7.84. The van der Waals surface area contributed by atoms with Crippen LogP contribution in [0.3, 0.4) is 0 Å². The number of hydrogen-bond donors (Lipinski definition) is 0. The molecule has 1 aromatic rings. The van der Waals surface area contributed by atoms with Gasteiger partial charge in [-0.2, -0.15) is 0 Å². The third kappa shape index (κ3) is 1.93. The van der Waals surface area contributed by atoms with Gasteiger partial charge in [0.25, 0.3) is 0 Å². The van der Waals surface area contributed by atoms with Crippen molar-refractivity contribution in [3.63, 3.8) is 0 Å². The number of rotatable bonds is 2. The maximum atomic E-state index is 11.4. The zero-order valence-corrected chi connectivity index (χ0v) is 9.91. The van der Waals surface area contributed by atoms with E-state index < -0.39 is 16.9 Å². The highest BCUT2D eigenvalue weighted by Crippen LogP contribution is 2.26. The van der Waals surface area contributed by atoms with Crippen LogP contribution in [0.5, 0.6) is 0 Å². The van der Waals surface area contributed by atoms with E-state index in [-0.39, 0.29) is 5.78 Å². The maximum Gasteiger partial charge on any atom is 0.203 e. The third-order valence-corrected chi connectivity index (χ3v) is 3.59. The maximum absolute atomic E-state index is 11.4. The number of ether oxygens (including phenoxy) is 1. The molecule has 0 spiro atoms. The van der Waals surface area contributed by atoms with Gasteiger partial charge < -0.3 is 4.74 Å². The summed E-state index contributed by atoms with van der Waals surface area (Å²) < 4.78 is 16.6. The molecule has 1 aliphatic heterocycles. The predicted molar refractivity (Wildman–Crippen MR) is 61.5 cm³/mol. The van der Waals surface area contributed by atoms with Crippen LogP contribution in [-0.2, 0) is 20.3 Å². The van der Waals surface area contributed by atoms with Gasteiger partial charge in [0.15, 0.2) is 6.10 Å². The Kier molecular flexibility index (Phi) is 2.92. The molecule has 2 rings (SSSR count). The van der Waals surface area contributed by atoms with Gasteiger partial charge in [0, 0.05) is 22.8 Å². The lowest BCUT2D eigenvalue weighted by molar-refractivity contribution is -0.120. The van der Waals surface area contributed by atoms with Crippen LogP contribution in [-0.4, -0.2) is 16.2 Å². The van der Waals surface area contributed by atoms with E-state index in [9.17, 15) is 9.00 Å². The Morgan fingerprint density at radius 1 is 1.38 bits per heavy atom. The lowest BCUT2D eigenvalue weighted by Crippen LogP contribution is -2.07. The quantitative estimate of drug-likeness (QED) is 0.787. The molecular weight excluding hydrogens is 224 g/mol. The van der Waals surface area contributed by atoms with Crippen molar-refractivity contribution in [2.75, 3.05) is 6.26 Å². The fourth-order valence-corrected chi connectivity index (χ4v) is 2.51. The average Bonchev–Trinajstić information content (AvgIpc) is 2.63. The molecule has 0 radical (unpaired) electrons. The smallest absolute Gasteiger partial charge is 0.203 e. The van der Waals surface area contributed by atoms with Crippen LogP contribution < -0.4 is 0 Å². The minimum Gasteiger partial charge on any atom is -0.485 e. The van der Waals surface area contributed by atoms with Gasteiger partial charge in [-0.05, 0) is 18.6 Å². The molecule has 1 heterocycles. The summed E-state index contributed by atoms with van der Waals surface area (Å²) in [5, 5.41) is 0. The van der Waals surface area contributed by atoms with Gasteiger partial charge in [-0.1, -0.05) is 12.1 Å². The van der Waals surface area contributed by atoms with Gasteiger partial charge in [-0.3, -0.25) is 9.00 Å². The van der Waals surface area contributed by atoms with Gasteiger partial charge in [0.1, 0.15) is 0 Å². The van der Waals surface area contributed by atoms with Gasteiger partial charge in [-0.15, -0.1) is 0 Å². The molecule has 3 nitrogen and oxygen atoms in total. The third-order valence-electron chi connectivity index (χ3n) is 2.52. The first-order chi connectivity index (χ1) is 7.59. The normalized spacial score (nSPS) is 20.9. The molecule has 1 aromatic carbocycles. The molecule has 4 heteroatoms. The first-order valence-electron chi connectivity index (χ1n) is 4.89. The lowest BCUT2D eigenvalue weighted by atomic mass is 10.0. The molecule has 0 saturated heterocycles. The van der Waals surface area contributed by atoms with Crippen molar-refractivity contribution in [2.45, 2.75) is 17.9 Å². The second kappa shape index (κ2) is 4.22. The van der Waals surface area contributed by atoms with Crippen molar-refractivity contribution in [1.82, 2.24) is 0 Å². The summed E-state index contributed by atoms with van der Waals surface area (Å²) in [5.74, 6) is -0.0511. The lowest BCUT2D eigenvalue weighted by Gasteiger charge is -2.11. The van der Waals surface area contributed by atoms with Crippen LogP contribution >= 0.6 is 0 Å². The fraction of sp³-hybridized carbons (Fsp3) is 0.250. The first kappa shape index (κ1) is 11.1. The van der Waals surface area contributed by atoms with Gasteiger partial charge in [0.2, 0.25) is 5.78 Å². The van der Waals surface area contributed by atoms with Crippen molar-refractivity contribution in [1.29, 1.82) is 0 Å². The van der Waals surface area contributed by atoms with E-state index in [1.54, 1.807) is 18.4 Å². The second-order valence-corrected chi connectivity index (χ2v) is 5.05. The van der Waals surface area contributed by atoms with Crippen LogP contribution in [0.2, 0.25) is 0 Å². The van der Waals surface area contributed by atoms with E-state index >= 15 is 0 Å². The number of hydrogen-bond acceptors (Lipinski definition) is 3. The zero-order valence-electron chi connectivity index (χ0n) is 9.10. The van der Waals surface area contributed by atoms with E-state index in [4.69, 9.17) is 4.74 Å². The molecule has 2 atom stereocenters. The number of carbonyl (C=O) groups is 1. The summed E-state index contributed by atoms with van der Waals surface area (Å²) >= 11 is 0. The highest BCUT2D eigenvalue weighted by atomic mass is 32.2. The molecule has 16 heavy (non-hydrogen) atoms. The van der Waals surface area contributed by atoms with Crippen molar-refractivity contribution in [2.24, 2.45) is 0 Å². The van der Waals surface area contributed by atoms with Crippen molar-refractivity contribution in [3.8, 4) is 0 Å². The summed E-state index contributed by atoms with van der Waals surface area (Å²) in [6.07, 6.45) is 3.94. The topological polar surface area (TPSA) is 43.4 Å². The van der Waals surface area contributed by atoms with E-state index in [0.29, 0.717) is 0 Å². The van der Waals surface area contributed by atoms with Crippen molar-refractivity contribution >= 4 is 16.6 Å². The largest absolute Gasteiger partial charge is 0.485 e. The van der Waals surface area contributed by atoms with Crippen molar-refractivity contribution in [3.05, 3.63) is 41.7 Å². The van der Waals surface area contributed by atoms with Gasteiger partial charge in [0.05, 0.1) is 17.1 Å². The SMILES string of the molecule is Cc1cc(C2OC=CC2=O)ccc1S(C)=O. The van der Waals surface area contributed by atoms with E-state index in [1.165, 1.54) is 12.3 Å². The Morgan fingerprint density at radius 3 is 2.62 bits per heavy atom. The summed E-state index contributed by atoms with van der Waals surface area (Å²) in [5.41, 5.74) is 1.73. The second-order valence-electron chi connectivity index (χ2n) is 3.70. The van der Waals surface area contributed by atoms with Crippen LogP contribution in [0.25, 0.3) is 0 Å². The predicted octanol–water partition coefficient (Wildman–Crippen LogP) is 1.89. The summed E-state index contributed by atoms with van der Waals surface area (Å²) in [6, 6.07) is 5.43. The fourth-order valence-electron chi connectivity index (χ4n) is 1.74. The molecule has 84 valence electrons. The van der Waals surface area contributed by atoms with Crippen LogP contribution in [0.1, 0.15) is 17.2 Å². The zero-order chi connectivity index (χ0) is 11.7. The Labute approximate surface area is 96.6 Å². The number of benzene rings is 1. The molecule has 0 fully saturated rings. The van der Waals surface area contributed by atoms with Crippen LogP contribution in [0.4, 0.5) is 0 Å². The number of carbonyl (C=O) groups excluding carboxylic acids is 1. The van der Waals surface area contributed by atoms with Crippen LogP contribution in [0.15, 0.2) is 35.4 Å². The number of ketones is 1. The Balaban J connectivity index is 2.35. The highest BCUT2D eigenvalue weighted by Gasteiger charge is 2.23. The summed E-state index contributed by atoms with van der Waals surface area (Å²) in [4.78, 5) is 12.2. The minimum atomic E-state index is -1.00. The van der Waals surface area contributed by atoms with Gasteiger partial charge >= 0.3 is 0 Å². The Bertz CT molecular complexity index is 491. The van der Waals surface area contributed by atoms with E-state index in [0.717, 1.165) is 16.0 Å². The molecule has 1 aliphatic rings. The molecule has 0 saturated carbocycles. The molecule has 0 amide bonds. The first-order valence-corrected chi connectivity index (χ1v) is 6.45. The Morgan fingerprint density at radius 2 is 2.12 bits per heavy atom. The minimum absolute atomic E-state index is 0.0511. The molecule has 2 unspecified atom stereocenters.